The minimum Gasteiger partial charge on any atom is -0.455 e. The van der Waals surface area contributed by atoms with Gasteiger partial charge in [0.15, 0.2) is 5.78 Å². The number of hydrogen-bond donors (Lipinski definition) is 1. The van der Waals surface area contributed by atoms with Crippen molar-refractivity contribution in [2.75, 3.05) is 5.73 Å². The summed E-state index contributed by atoms with van der Waals surface area (Å²) in [6, 6.07) is 21.1. The van der Waals surface area contributed by atoms with E-state index in [1.807, 2.05) is 18.2 Å². The summed E-state index contributed by atoms with van der Waals surface area (Å²) in [5, 5.41) is 0.554. The zero-order valence-electron chi connectivity index (χ0n) is 12.2. The fourth-order valence-electron chi connectivity index (χ4n) is 2.17. The van der Waals surface area contributed by atoms with Crippen molar-refractivity contribution in [1.82, 2.24) is 0 Å². The minimum atomic E-state index is -0.0249. The SMILES string of the molecule is Nc1cc(Cl)ccc1Oc1ccc(C(=O)c2ccccc2)cc1. The van der Waals surface area contributed by atoms with Crippen molar-refractivity contribution in [3.63, 3.8) is 0 Å². The molecule has 0 fully saturated rings. The Balaban J connectivity index is 1.78. The van der Waals surface area contributed by atoms with Gasteiger partial charge >= 0.3 is 0 Å². The summed E-state index contributed by atoms with van der Waals surface area (Å²) in [5.74, 6) is 1.10. The molecule has 0 aliphatic heterocycles. The van der Waals surface area contributed by atoms with Crippen LogP contribution in [0.4, 0.5) is 5.69 Å². The van der Waals surface area contributed by atoms with Gasteiger partial charge in [-0.1, -0.05) is 41.9 Å². The van der Waals surface area contributed by atoms with Crippen LogP contribution in [0, 0.1) is 0 Å². The summed E-state index contributed by atoms with van der Waals surface area (Å²) in [6.07, 6.45) is 0. The van der Waals surface area contributed by atoms with Gasteiger partial charge in [0.05, 0.1) is 5.69 Å². The summed E-state index contributed by atoms with van der Waals surface area (Å²) >= 11 is 5.86. The largest absolute Gasteiger partial charge is 0.455 e. The Morgan fingerprint density at radius 1 is 0.870 bits per heavy atom. The lowest BCUT2D eigenvalue weighted by Gasteiger charge is -2.09. The number of ether oxygens (including phenoxy) is 1. The first-order chi connectivity index (χ1) is 11.1. The van der Waals surface area contributed by atoms with Crippen LogP contribution in [0.25, 0.3) is 0 Å². The first-order valence-electron chi connectivity index (χ1n) is 7.06. The normalized spacial score (nSPS) is 10.3. The van der Waals surface area contributed by atoms with Crippen molar-refractivity contribution in [3.05, 3.63) is 88.9 Å². The van der Waals surface area contributed by atoms with Crippen molar-refractivity contribution in [1.29, 1.82) is 0 Å². The molecule has 0 heterocycles. The van der Waals surface area contributed by atoms with Crippen molar-refractivity contribution in [2.45, 2.75) is 0 Å². The van der Waals surface area contributed by atoms with Crippen LogP contribution in [0.5, 0.6) is 11.5 Å². The molecule has 3 aromatic rings. The lowest BCUT2D eigenvalue weighted by atomic mass is 10.0. The summed E-state index contributed by atoms with van der Waals surface area (Å²) in [4.78, 5) is 12.3. The second-order valence-electron chi connectivity index (χ2n) is 5.00. The van der Waals surface area contributed by atoms with E-state index in [4.69, 9.17) is 22.1 Å². The molecule has 0 radical (unpaired) electrons. The average Bonchev–Trinajstić information content (AvgIpc) is 2.58. The Hall–Kier alpha value is -2.78. The van der Waals surface area contributed by atoms with Crippen LogP contribution < -0.4 is 10.5 Å². The van der Waals surface area contributed by atoms with E-state index in [2.05, 4.69) is 0 Å². The lowest BCUT2D eigenvalue weighted by molar-refractivity contribution is 0.103. The third kappa shape index (κ3) is 3.52. The number of benzene rings is 3. The zero-order valence-corrected chi connectivity index (χ0v) is 13.0. The topological polar surface area (TPSA) is 52.3 Å². The minimum absolute atomic E-state index is 0.0249. The summed E-state index contributed by atoms with van der Waals surface area (Å²) in [6.45, 7) is 0. The molecule has 3 rings (SSSR count). The standard InChI is InChI=1S/C19H14ClNO2/c20-15-8-11-18(17(21)12-15)23-16-9-6-14(7-10-16)19(22)13-4-2-1-3-5-13/h1-12H,21H2. The number of carbonyl (C=O) groups excluding carboxylic acids is 1. The molecule has 0 bridgehead atoms. The van der Waals surface area contributed by atoms with Gasteiger partial charge in [-0.2, -0.15) is 0 Å². The molecule has 114 valence electrons. The van der Waals surface area contributed by atoms with Gasteiger partial charge in [0.1, 0.15) is 11.5 Å². The molecule has 0 aliphatic carbocycles. The van der Waals surface area contributed by atoms with Gasteiger partial charge in [-0.25, -0.2) is 0 Å². The highest BCUT2D eigenvalue weighted by atomic mass is 35.5. The van der Waals surface area contributed by atoms with Gasteiger partial charge in [0.2, 0.25) is 0 Å². The fraction of sp³-hybridized carbons (Fsp3) is 0. The molecule has 0 unspecified atom stereocenters. The molecular weight excluding hydrogens is 310 g/mol. The third-order valence-corrected chi connectivity index (χ3v) is 3.59. The van der Waals surface area contributed by atoms with Crippen LogP contribution in [-0.2, 0) is 0 Å². The van der Waals surface area contributed by atoms with Gasteiger partial charge in [-0.3, -0.25) is 4.79 Å². The van der Waals surface area contributed by atoms with Crippen LogP contribution in [-0.4, -0.2) is 5.78 Å². The Labute approximate surface area is 139 Å². The summed E-state index contributed by atoms with van der Waals surface area (Å²) in [7, 11) is 0. The molecule has 23 heavy (non-hydrogen) atoms. The van der Waals surface area contributed by atoms with Gasteiger partial charge in [-0.05, 0) is 42.5 Å². The number of ketones is 1. The predicted molar refractivity (Wildman–Crippen MR) is 92.3 cm³/mol. The van der Waals surface area contributed by atoms with Gasteiger partial charge in [0.25, 0.3) is 0 Å². The lowest BCUT2D eigenvalue weighted by Crippen LogP contribution is -2.00. The van der Waals surface area contributed by atoms with Crippen molar-refractivity contribution in [2.24, 2.45) is 0 Å². The molecule has 0 saturated heterocycles. The number of carbonyl (C=O) groups is 1. The van der Waals surface area contributed by atoms with Crippen LogP contribution >= 0.6 is 11.6 Å². The molecule has 3 aromatic carbocycles. The summed E-state index contributed by atoms with van der Waals surface area (Å²) < 4.78 is 5.71. The van der Waals surface area contributed by atoms with Crippen molar-refractivity contribution >= 4 is 23.1 Å². The second kappa shape index (κ2) is 6.55. The molecule has 3 nitrogen and oxygen atoms in total. The number of halogens is 1. The quantitative estimate of drug-likeness (QED) is 0.546. The Bertz CT molecular complexity index is 830. The number of anilines is 1. The van der Waals surface area contributed by atoms with E-state index in [9.17, 15) is 4.79 Å². The second-order valence-corrected chi connectivity index (χ2v) is 5.44. The van der Waals surface area contributed by atoms with Gasteiger partial charge < -0.3 is 10.5 Å². The molecule has 0 atom stereocenters. The van der Waals surface area contributed by atoms with Crippen LogP contribution in [0.15, 0.2) is 72.8 Å². The van der Waals surface area contributed by atoms with Gasteiger partial charge in [-0.15, -0.1) is 0 Å². The maximum Gasteiger partial charge on any atom is 0.193 e. The maximum atomic E-state index is 12.3. The Morgan fingerprint density at radius 3 is 2.17 bits per heavy atom. The average molecular weight is 324 g/mol. The zero-order chi connectivity index (χ0) is 16.2. The molecule has 0 saturated carbocycles. The van der Waals surface area contributed by atoms with Crippen LogP contribution in [0.2, 0.25) is 5.02 Å². The number of rotatable bonds is 4. The van der Waals surface area contributed by atoms with Crippen LogP contribution in [0.3, 0.4) is 0 Å². The molecular formula is C19H14ClNO2. The fourth-order valence-corrected chi connectivity index (χ4v) is 2.35. The molecule has 0 aliphatic rings. The summed E-state index contributed by atoms with van der Waals surface area (Å²) in [5.41, 5.74) is 7.58. The highest BCUT2D eigenvalue weighted by Crippen LogP contribution is 2.29. The molecule has 0 amide bonds. The predicted octanol–water partition coefficient (Wildman–Crippen LogP) is 4.95. The number of nitrogen functional groups attached to an aromatic ring is 1. The van der Waals surface area contributed by atoms with E-state index in [1.54, 1.807) is 54.6 Å². The Kier molecular flexibility index (Phi) is 4.31. The molecule has 4 heteroatoms. The van der Waals surface area contributed by atoms with Crippen molar-refractivity contribution in [3.8, 4) is 11.5 Å². The number of hydrogen-bond acceptors (Lipinski definition) is 3. The van der Waals surface area contributed by atoms with Crippen molar-refractivity contribution < 1.29 is 9.53 Å². The van der Waals surface area contributed by atoms with E-state index in [1.165, 1.54) is 0 Å². The first kappa shape index (κ1) is 15.1. The number of nitrogens with two attached hydrogens (primary N) is 1. The molecule has 0 spiro atoms. The van der Waals surface area contributed by atoms with Crippen LogP contribution in [0.1, 0.15) is 15.9 Å². The van der Waals surface area contributed by atoms with E-state index in [0.29, 0.717) is 33.3 Å². The highest BCUT2D eigenvalue weighted by molar-refractivity contribution is 6.30. The maximum absolute atomic E-state index is 12.3. The van der Waals surface area contributed by atoms with Gasteiger partial charge in [0, 0.05) is 16.1 Å². The third-order valence-electron chi connectivity index (χ3n) is 3.35. The highest BCUT2D eigenvalue weighted by Gasteiger charge is 2.09. The Morgan fingerprint density at radius 2 is 1.52 bits per heavy atom. The first-order valence-corrected chi connectivity index (χ1v) is 7.44. The molecule has 0 aromatic heterocycles. The van der Waals surface area contributed by atoms with E-state index < -0.39 is 0 Å². The van der Waals surface area contributed by atoms with E-state index >= 15 is 0 Å². The smallest absolute Gasteiger partial charge is 0.193 e. The molecule has 2 N–H and O–H groups in total. The van der Waals surface area contributed by atoms with E-state index in [0.717, 1.165) is 0 Å². The van der Waals surface area contributed by atoms with E-state index in [-0.39, 0.29) is 5.78 Å². The monoisotopic (exact) mass is 323 g/mol.